The van der Waals surface area contributed by atoms with Gasteiger partial charge in [0, 0.05) is 21.3 Å². The molecule has 20 heavy (non-hydrogen) atoms. The first-order valence-corrected chi connectivity index (χ1v) is 8.03. The van der Waals surface area contributed by atoms with Crippen molar-refractivity contribution in [2.75, 3.05) is 0 Å². The Morgan fingerprint density at radius 1 is 1.05 bits per heavy atom. The first-order chi connectivity index (χ1) is 9.30. The Balaban J connectivity index is 2.67. The van der Waals surface area contributed by atoms with Crippen LogP contribution in [-0.4, -0.2) is 14.2 Å². The van der Waals surface area contributed by atoms with Crippen LogP contribution in [0.5, 0.6) is 0 Å². The molecule has 0 bridgehead atoms. The van der Waals surface area contributed by atoms with Gasteiger partial charge in [-0.25, -0.2) is 12.8 Å². The van der Waals surface area contributed by atoms with E-state index in [2.05, 4.69) is 0 Å². The van der Waals surface area contributed by atoms with Crippen LogP contribution in [0, 0.1) is 5.82 Å². The van der Waals surface area contributed by atoms with Crippen LogP contribution in [0.3, 0.4) is 0 Å². The van der Waals surface area contributed by atoms with Crippen LogP contribution in [0.4, 0.5) is 4.39 Å². The van der Waals surface area contributed by atoms with Crippen molar-refractivity contribution in [3.8, 4) is 0 Å². The summed E-state index contributed by atoms with van der Waals surface area (Å²) in [6, 6.07) is 8.79. The smallest absolute Gasteiger partial charge is 0.262 e. The summed E-state index contributed by atoms with van der Waals surface area (Å²) in [5.74, 6) is -1.56. The van der Waals surface area contributed by atoms with E-state index in [1.54, 1.807) is 0 Å². The highest BCUT2D eigenvalue weighted by Gasteiger charge is 2.23. The molecule has 0 saturated carbocycles. The van der Waals surface area contributed by atoms with Gasteiger partial charge in [0.25, 0.3) is 9.05 Å². The molecule has 0 spiro atoms. The molecule has 0 fully saturated rings. The van der Waals surface area contributed by atoms with Gasteiger partial charge in [0.05, 0.1) is 10.5 Å². The van der Waals surface area contributed by atoms with Crippen LogP contribution in [0.15, 0.2) is 47.4 Å². The van der Waals surface area contributed by atoms with E-state index in [-0.39, 0.29) is 16.1 Å². The molecule has 2 aromatic rings. The normalized spacial score (nSPS) is 11.3. The Morgan fingerprint density at radius 3 is 2.30 bits per heavy atom. The molecule has 0 aromatic heterocycles. The molecule has 2 aromatic carbocycles. The fourth-order valence-corrected chi connectivity index (χ4v) is 2.90. The molecule has 3 nitrogen and oxygen atoms in total. The SMILES string of the molecule is O=C(c1ccccc1F)c1cc(Cl)ccc1S(=O)(=O)Cl. The maximum Gasteiger partial charge on any atom is 0.262 e. The highest BCUT2D eigenvalue weighted by Crippen LogP contribution is 2.26. The molecule has 0 aliphatic rings. The highest BCUT2D eigenvalue weighted by atomic mass is 35.7. The minimum atomic E-state index is -4.15. The Hall–Kier alpha value is -1.43. The molecule has 0 unspecified atom stereocenters. The molecule has 0 aliphatic heterocycles. The van der Waals surface area contributed by atoms with Gasteiger partial charge in [-0.1, -0.05) is 23.7 Å². The number of ketones is 1. The lowest BCUT2D eigenvalue weighted by atomic mass is 10.0. The van der Waals surface area contributed by atoms with E-state index < -0.39 is 25.5 Å². The maximum atomic E-state index is 13.6. The van der Waals surface area contributed by atoms with Crippen molar-refractivity contribution >= 4 is 37.1 Å². The second-order valence-corrected chi connectivity index (χ2v) is 6.86. The zero-order chi connectivity index (χ0) is 14.9. The standard InChI is InChI=1S/C13H7Cl2FO3S/c14-8-5-6-12(20(15,18)19)10(7-8)13(17)9-3-1-2-4-11(9)16/h1-7H. The van der Waals surface area contributed by atoms with Crippen molar-refractivity contribution in [3.05, 3.63) is 64.4 Å². The lowest BCUT2D eigenvalue weighted by Gasteiger charge is -2.07. The summed E-state index contributed by atoms with van der Waals surface area (Å²) in [7, 11) is 1.12. The van der Waals surface area contributed by atoms with Crippen molar-refractivity contribution in [2.45, 2.75) is 4.90 Å². The van der Waals surface area contributed by atoms with Gasteiger partial charge in [-0.05, 0) is 30.3 Å². The average Bonchev–Trinajstić information content (AvgIpc) is 2.37. The van der Waals surface area contributed by atoms with Crippen molar-refractivity contribution in [1.29, 1.82) is 0 Å². The topological polar surface area (TPSA) is 51.2 Å². The molecule has 0 aliphatic carbocycles. The third-order valence-corrected chi connectivity index (χ3v) is 4.18. The molecule has 0 heterocycles. The van der Waals surface area contributed by atoms with Crippen molar-refractivity contribution < 1.29 is 17.6 Å². The van der Waals surface area contributed by atoms with E-state index in [0.717, 1.165) is 18.2 Å². The number of carbonyl (C=O) groups is 1. The molecule has 0 amide bonds. The van der Waals surface area contributed by atoms with Crippen molar-refractivity contribution in [3.63, 3.8) is 0 Å². The monoisotopic (exact) mass is 332 g/mol. The van der Waals surface area contributed by atoms with Crippen LogP contribution >= 0.6 is 22.3 Å². The number of hydrogen-bond donors (Lipinski definition) is 0. The second kappa shape index (κ2) is 5.52. The van der Waals surface area contributed by atoms with Gasteiger partial charge in [-0.2, -0.15) is 0 Å². The quantitative estimate of drug-likeness (QED) is 0.637. The number of halogens is 3. The van der Waals surface area contributed by atoms with E-state index in [1.807, 2.05) is 0 Å². The lowest BCUT2D eigenvalue weighted by Crippen LogP contribution is -2.09. The van der Waals surface area contributed by atoms with Crippen LogP contribution in [0.25, 0.3) is 0 Å². The summed E-state index contributed by atoms with van der Waals surface area (Å²) in [5.41, 5.74) is -0.520. The van der Waals surface area contributed by atoms with E-state index in [0.29, 0.717) is 0 Å². The molecule has 0 radical (unpaired) electrons. The van der Waals surface area contributed by atoms with Crippen LogP contribution in [0.1, 0.15) is 15.9 Å². The zero-order valence-electron chi connectivity index (χ0n) is 9.81. The van der Waals surface area contributed by atoms with Gasteiger partial charge in [0.2, 0.25) is 0 Å². The minimum absolute atomic E-state index is 0.147. The van der Waals surface area contributed by atoms with E-state index in [9.17, 15) is 17.6 Å². The Labute approximate surface area is 124 Å². The zero-order valence-corrected chi connectivity index (χ0v) is 12.1. The van der Waals surface area contributed by atoms with Crippen LogP contribution in [-0.2, 0) is 9.05 Å². The predicted molar refractivity (Wildman–Crippen MR) is 74.3 cm³/mol. The van der Waals surface area contributed by atoms with Gasteiger partial charge in [-0.15, -0.1) is 0 Å². The predicted octanol–water partition coefficient (Wildman–Crippen LogP) is 3.64. The number of carbonyl (C=O) groups excluding carboxylic acids is 1. The second-order valence-electron chi connectivity index (χ2n) is 3.89. The highest BCUT2D eigenvalue weighted by molar-refractivity contribution is 8.13. The summed E-state index contributed by atoms with van der Waals surface area (Å²) in [6.07, 6.45) is 0. The summed E-state index contributed by atoms with van der Waals surface area (Å²) in [5, 5.41) is 0.147. The third kappa shape index (κ3) is 3.00. The Bertz CT molecular complexity index is 788. The first-order valence-electron chi connectivity index (χ1n) is 5.34. The van der Waals surface area contributed by atoms with E-state index >= 15 is 0 Å². The average molecular weight is 333 g/mol. The largest absolute Gasteiger partial charge is 0.288 e. The molecule has 7 heteroatoms. The fourth-order valence-electron chi connectivity index (χ4n) is 1.68. The summed E-state index contributed by atoms with van der Waals surface area (Å²) in [4.78, 5) is 11.9. The van der Waals surface area contributed by atoms with Crippen LogP contribution in [0.2, 0.25) is 5.02 Å². The molecular weight excluding hydrogens is 326 g/mol. The fraction of sp³-hybridized carbons (Fsp3) is 0. The summed E-state index contributed by atoms with van der Waals surface area (Å²) < 4.78 is 36.5. The van der Waals surface area contributed by atoms with Gasteiger partial charge in [0.15, 0.2) is 5.78 Å². The molecular formula is C13H7Cl2FO3S. The first kappa shape index (κ1) is 15.0. The maximum absolute atomic E-state index is 13.6. The van der Waals surface area contributed by atoms with Gasteiger partial charge >= 0.3 is 0 Å². The third-order valence-electron chi connectivity index (χ3n) is 2.57. The molecule has 2 rings (SSSR count). The molecule has 104 valence electrons. The van der Waals surface area contributed by atoms with Gasteiger partial charge in [0.1, 0.15) is 5.82 Å². The Kier molecular flexibility index (Phi) is 4.13. The molecule has 0 N–H and O–H groups in total. The number of rotatable bonds is 3. The number of benzene rings is 2. The molecule has 0 atom stereocenters. The van der Waals surface area contributed by atoms with Gasteiger partial charge in [-0.3, -0.25) is 4.79 Å². The molecule has 0 saturated heterocycles. The van der Waals surface area contributed by atoms with Crippen molar-refractivity contribution in [1.82, 2.24) is 0 Å². The van der Waals surface area contributed by atoms with E-state index in [4.69, 9.17) is 22.3 Å². The lowest BCUT2D eigenvalue weighted by molar-refractivity contribution is 0.103. The number of hydrogen-bond acceptors (Lipinski definition) is 3. The van der Waals surface area contributed by atoms with Crippen LogP contribution < -0.4 is 0 Å². The van der Waals surface area contributed by atoms with Crippen molar-refractivity contribution in [2.24, 2.45) is 0 Å². The summed E-state index contributed by atoms with van der Waals surface area (Å²) in [6.45, 7) is 0. The summed E-state index contributed by atoms with van der Waals surface area (Å²) >= 11 is 5.75. The minimum Gasteiger partial charge on any atom is -0.288 e. The van der Waals surface area contributed by atoms with E-state index in [1.165, 1.54) is 24.3 Å². The Morgan fingerprint density at radius 2 is 1.70 bits per heavy atom. The van der Waals surface area contributed by atoms with Gasteiger partial charge < -0.3 is 0 Å².